The van der Waals surface area contributed by atoms with E-state index in [1.54, 1.807) is 18.2 Å². The number of nitrogens with one attached hydrogen (secondary N) is 2. The van der Waals surface area contributed by atoms with E-state index in [9.17, 15) is 14.9 Å². The van der Waals surface area contributed by atoms with Gasteiger partial charge >= 0.3 is 0 Å². The van der Waals surface area contributed by atoms with E-state index >= 15 is 0 Å². The number of amides is 1. The minimum atomic E-state index is -0.453. The van der Waals surface area contributed by atoms with Gasteiger partial charge in [0.2, 0.25) is 5.91 Å². The highest BCUT2D eigenvalue weighted by Crippen LogP contribution is 2.23. The molecule has 1 saturated heterocycles. The monoisotopic (exact) mass is 328 g/mol. The van der Waals surface area contributed by atoms with E-state index in [4.69, 9.17) is 0 Å². The Kier molecular flexibility index (Phi) is 7.07. The van der Waals surface area contributed by atoms with Crippen LogP contribution < -0.4 is 10.6 Å². The van der Waals surface area contributed by atoms with Crippen molar-refractivity contribution < 1.29 is 9.72 Å². The lowest BCUT2D eigenvalue weighted by Gasteiger charge is -2.17. The molecule has 1 aromatic rings. The van der Waals surface area contributed by atoms with E-state index in [0.29, 0.717) is 11.6 Å². The van der Waals surface area contributed by atoms with E-state index in [1.807, 2.05) is 11.9 Å². The lowest BCUT2D eigenvalue weighted by atomic mass is 10.1. The van der Waals surface area contributed by atoms with Crippen LogP contribution in [0.15, 0.2) is 24.3 Å². The molecule has 0 spiro atoms. The number of hydrogen-bond acceptors (Lipinski definition) is 5. The topological polar surface area (TPSA) is 87.5 Å². The zero-order chi connectivity index (χ0) is 15.2. The molecule has 8 heteroatoms. The van der Waals surface area contributed by atoms with Crippen LogP contribution in [-0.2, 0) is 4.79 Å². The summed E-state index contributed by atoms with van der Waals surface area (Å²) in [7, 11) is 1.90. The molecule has 22 heavy (non-hydrogen) atoms. The number of likely N-dealkylation sites (tertiary alicyclic amines) is 1. The van der Waals surface area contributed by atoms with Gasteiger partial charge in [-0.05, 0) is 32.0 Å². The standard InChI is InChI=1S/C14H20N4O3.ClH/c1-15-8-11-6-7-17(10-11)14(19)9-16-12-4-2-3-5-13(12)18(20)21;/h2-5,11,15-16H,6-10H2,1H3;1H. The van der Waals surface area contributed by atoms with Gasteiger partial charge in [-0.2, -0.15) is 0 Å². The summed E-state index contributed by atoms with van der Waals surface area (Å²) in [5.74, 6) is 0.469. The summed E-state index contributed by atoms with van der Waals surface area (Å²) in [6, 6.07) is 6.34. The van der Waals surface area contributed by atoms with E-state index in [1.165, 1.54) is 6.07 Å². The molecule has 2 rings (SSSR count). The van der Waals surface area contributed by atoms with Crippen LogP contribution in [0, 0.1) is 16.0 Å². The van der Waals surface area contributed by atoms with Crippen LogP contribution in [0.4, 0.5) is 11.4 Å². The second-order valence-electron chi connectivity index (χ2n) is 5.18. The highest BCUT2D eigenvalue weighted by atomic mass is 35.5. The largest absolute Gasteiger partial charge is 0.371 e. The molecule has 0 radical (unpaired) electrons. The third-order valence-electron chi connectivity index (χ3n) is 3.66. The van der Waals surface area contributed by atoms with Crippen molar-refractivity contribution >= 4 is 29.7 Å². The molecule has 1 amide bonds. The van der Waals surface area contributed by atoms with Gasteiger partial charge in [0.25, 0.3) is 5.69 Å². The second kappa shape index (κ2) is 8.55. The summed E-state index contributed by atoms with van der Waals surface area (Å²) in [5, 5.41) is 16.9. The SMILES string of the molecule is CNCC1CCN(C(=O)CNc2ccccc2[N+](=O)[O-])C1.Cl. The number of nitro groups is 1. The minimum Gasteiger partial charge on any atom is -0.371 e. The fourth-order valence-electron chi connectivity index (χ4n) is 2.58. The van der Waals surface area contributed by atoms with Gasteiger partial charge in [-0.25, -0.2) is 0 Å². The van der Waals surface area contributed by atoms with Crippen molar-refractivity contribution in [1.82, 2.24) is 10.2 Å². The normalized spacial score (nSPS) is 17.0. The summed E-state index contributed by atoms with van der Waals surface area (Å²) in [6.07, 6.45) is 0.998. The average molecular weight is 329 g/mol. The molecule has 1 aliphatic rings. The number of carbonyl (C=O) groups excluding carboxylic acids is 1. The number of rotatable bonds is 6. The number of anilines is 1. The van der Waals surface area contributed by atoms with E-state index in [2.05, 4.69) is 10.6 Å². The Morgan fingerprint density at radius 1 is 1.45 bits per heavy atom. The van der Waals surface area contributed by atoms with Crippen LogP contribution in [0.1, 0.15) is 6.42 Å². The first-order valence-electron chi connectivity index (χ1n) is 7.01. The molecule has 1 unspecified atom stereocenters. The summed E-state index contributed by atoms with van der Waals surface area (Å²) in [4.78, 5) is 24.4. The van der Waals surface area contributed by atoms with Gasteiger partial charge < -0.3 is 15.5 Å². The highest BCUT2D eigenvalue weighted by Gasteiger charge is 2.25. The summed E-state index contributed by atoms with van der Waals surface area (Å²) in [6.45, 7) is 2.49. The molecule has 1 aromatic carbocycles. The van der Waals surface area contributed by atoms with Crippen molar-refractivity contribution in [1.29, 1.82) is 0 Å². The first-order chi connectivity index (χ1) is 10.1. The maximum absolute atomic E-state index is 12.1. The average Bonchev–Trinajstić information content (AvgIpc) is 2.94. The van der Waals surface area contributed by atoms with Gasteiger partial charge in [0.05, 0.1) is 11.5 Å². The molecular formula is C14H21ClN4O3. The van der Waals surface area contributed by atoms with Crippen molar-refractivity contribution in [2.24, 2.45) is 5.92 Å². The summed E-state index contributed by atoms with van der Waals surface area (Å²) < 4.78 is 0. The Balaban J connectivity index is 0.00000242. The van der Waals surface area contributed by atoms with Crippen LogP contribution in [0.25, 0.3) is 0 Å². The molecule has 0 bridgehead atoms. The number of nitro benzene ring substituents is 1. The molecule has 0 aliphatic carbocycles. The number of benzene rings is 1. The van der Waals surface area contributed by atoms with Crippen molar-refractivity contribution in [3.8, 4) is 0 Å². The van der Waals surface area contributed by atoms with Crippen LogP contribution in [0.2, 0.25) is 0 Å². The molecule has 2 N–H and O–H groups in total. The van der Waals surface area contributed by atoms with Crippen molar-refractivity contribution in [3.63, 3.8) is 0 Å². The minimum absolute atomic E-state index is 0. The number of carbonyl (C=O) groups is 1. The van der Waals surface area contributed by atoms with Crippen LogP contribution in [0.5, 0.6) is 0 Å². The van der Waals surface area contributed by atoms with Gasteiger partial charge in [-0.3, -0.25) is 14.9 Å². The Morgan fingerprint density at radius 2 is 2.18 bits per heavy atom. The van der Waals surface area contributed by atoms with Crippen LogP contribution in [-0.4, -0.2) is 49.0 Å². The van der Waals surface area contributed by atoms with Crippen molar-refractivity contribution in [2.45, 2.75) is 6.42 Å². The number of nitrogens with zero attached hydrogens (tertiary/aromatic N) is 2. The number of halogens is 1. The first-order valence-corrected chi connectivity index (χ1v) is 7.01. The summed E-state index contributed by atoms with van der Waals surface area (Å²) in [5.41, 5.74) is 0.363. The molecule has 1 atom stereocenters. The third-order valence-corrected chi connectivity index (χ3v) is 3.66. The maximum atomic E-state index is 12.1. The van der Waals surface area contributed by atoms with Gasteiger partial charge in [0.15, 0.2) is 0 Å². The second-order valence-corrected chi connectivity index (χ2v) is 5.18. The van der Waals surface area contributed by atoms with E-state index in [0.717, 1.165) is 26.1 Å². The Morgan fingerprint density at radius 3 is 2.86 bits per heavy atom. The van der Waals surface area contributed by atoms with Crippen molar-refractivity contribution in [2.75, 3.05) is 38.5 Å². The predicted octanol–water partition coefficient (Wildman–Crippen LogP) is 1.50. The summed E-state index contributed by atoms with van der Waals surface area (Å²) >= 11 is 0. The molecule has 1 aliphatic heterocycles. The smallest absolute Gasteiger partial charge is 0.292 e. The van der Waals surface area contributed by atoms with Gasteiger partial charge in [-0.1, -0.05) is 12.1 Å². The first kappa shape index (κ1) is 18.2. The van der Waals surface area contributed by atoms with Crippen LogP contribution >= 0.6 is 12.4 Å². The molecule has 1 fully saturated rings. The fraction of sp³-hybridized carbons (Fsp3) is 0.500. The number of hydrogen-bond donors (Lipinski definition) is 2. The molecule has 0 aromatic heterocycles. The lowest BCUT2D eigenvalue weighted by molar-refractivity contribution is -0.383. The molecular weight excluding hydrogens is 308 g/mol. The molecule has 122 valence electrons. The lowest BCUT2D eigenvalue weighted by Crippen LogP contribution is -2.34. The predicted molar refractivity (Wildman–Crippen MR) is 87.4 cm³/mol. The maximum Gasteiger partial charge on any atom is 0.292 e. The van der Waals surface area contributed by atoms with Gasteiger partial charge in [-0.15, -0.1) is 12.4 Å². The molecule has 7 nitrogen and oxygen atoms in total. The Hall–Kier alpha value is -1.86. The zero-order valence-corrected chi connectivity index (χ0v) is 13.3. The number of para-hydroxylation sites is 2. The van der Waals surface area contributed by atoms with E-state index < -0.39 is 4.92 Å². The van der Waals surface area contributed by atoms with Crippen LogP contribution in [0.3, 0.4) is 0 Å². The molecule has 1 heterocycles. The van der Waals surface area contributed by atoms with Gasteiger partial charge in [0, 0.05) is 19.2 Å². The molecule has 0 saturated carbocycles. The highest BCUT2D eigenvalue weighted by molar-refractivity contribution is 5.85. The Labute approximate surface area is 135 Å². The Bertz CT molecular complexity index is 527. The van der Waals surface area contributed by atoms with Crippen molar-refractivity contribution in [3.05, 3.63) is 34.4 Å². The third kappa shape index (κ3) is 4.57. The quantitative estimate of drug-likeness (QED) is 0.610. The zero-order valence-electron chi connectivity index (χ0n) is 12.4. The van der Waals surface area contributed by atoms with E-state index in [-0.39, 0.29) is 30.5 Å². The fourth-order valence-corrected chi connectivity index (χ4v) is 2.58. The van der Waals surface area contributed by atoms with Gasteiger partial charge in [0.1, 0.15) is 5.69 Å².